The van der Waals surface area contributed by atoms with E-state index in [1.54, 1.807) is 6.07 Å². The van der Waals surface area contributed by atoms with Crippen molar-refractivity contribution >= 4 is 12.0 Å². The zero-order chi connectivity index (χ0) is 14.3. The van der Waals surface area contributed by atoms with Gasteiger partial charge in [-0.2, -0.15) is 13.2 Å². The molecule has 0 aromatic heterocycles. The summed E-state index contributed by atoms with van der Waals surface area (Å²) in [6.45, 7) is 0. The van der Waals surface area contributed by atoms with Crippen LogP contribution in [0.5, 0.6) is 5.75 Å². The first-order valence-corrected chi connectivity index (χ1v) is 5.17. The second-order valence-electron chi connectivity index (χ2n) is 3.82. The monoisotopic (exact) mass is 274 g/mol. The Morgan fingerprint density at radius 2 is 2.00 bits per heavy atom. The number of aliphatic carboxylic acids is 1. The number of alkyl halides is 3. The fourth-order valence-electron chi connectivity index (χ4n) is 1.83. The number of para-hydroxylation sites is 1. The van der Waals surface area contributed by atoms with Crippen LogP contribution in [0.2, 0.25) is 0 Å². The van der Waals surface area contributed by atoms with Gasteiger partial charge in [-0.15, -0.1) is 0 Å². The number of benzene rings is 1. The van der Waals surface area contributed by atoms with Crippen LogP contribution in [0.3, 0.4) is 0 Å². The highest BCUT2D eigenvalue weighted by Gasteiger charge is 2.64. The van der Waals surface area contributed by atoms with E-state index < -0.39 is 23.5 Å². The average molecular weight is 274 g/mol. The molecule has 2 rings (SSSR count). The van der Waals surface area contributed by atoms with Gasteiger partial charge in [-0.3, -0.25) is 0 Å². The van der Waals surface area contributed by atoms with E-state index in [4.69, 9.17) is 9.84 Å². The van der Waals surface area contributed by atoms with E-state index in [-0.39, 0.29) is 11.3 Å². The number of fused-ring (bicyclic) bond motifs is 1. The molecule has 1 aromatic carbocycles. The summed E-state index contributed by atoms with van der Waals surface area (Å²) in [6, 6.07) is 5.80. The topological polar surface area (TPSA) is 55.8 Å². The van der Waals surface area contributed by atoms with Crippen molar-refractivity contribution in [1.82, 2.24) is 0 Å². The summed E-state index contributed by atoms with van der Waals surface area (Å²) in [7, 11) is 0.748. The smallest absolute Gasteiger partial charge is 0.460 e. The number of carbonyl (C=O) groups is 1. The van der Waals surface area contributed by atoms with Crippen LogP contribution in [0.15, 0.2) is 29.8 Å². The lowest BCUT2D eigenvalue weighted by Gasteiger charge is -2.37. The molecule has 0 amide bonds. The molecule has 1 heterocycles. The lowest BCUT2D eigenvalue weighted by molar-refractivity contribution is -0.326. The molecule has 0 radical (unpaired) electrons. The van der Waals surface area contributed by atoms with E-state index >= 15 is 0 Å². The Labute approximate surface area is 106 Å². The van der Waals surface area contributed by atoms with Crippen LogP contribution in [-0.2, 0) is 9.53 Å². The van der Waals surface area contributed by atoms with E-state index in [9.17, 15) is 18.0 Å². The van der Waals surface area contributed by atoms with Gasteiger partial charge in [0.05, 0.1) is 0 Å². The maximum atomic E-state index is 13.1. The number of hydrogen-bond donors (Lipinski definition) is 1. The number of halogens is 3. The van der Waals surface area contributed by atoms with Crippen molar-refractivity contribution in [3.63, 3.8) is 0 Å². The Balaban J connectivity index is 2.67. The van der Waals surface area contributed by atoms with Gasteiger partial charge in [0.15, 0.2) is 0 Å². The zero-order valence-electron chi connectivity index (χ0n) is 9.69. The highest BCUT2D eigenvalue weighted by molar-refractivity contribution is 5.95. The predicted octanol–water partition coefficient (Wildman–Crippen LogP) is 2.45. The SMILES string of the molecule is CO[C@@]1(C(F)(F)F)Oc2ccccc2C=C1C(=O)O. The normalized spacial score (nSPS) is 22.2. The first-order valence-electron chi connectivity index (χ1n) is 5.17. The molecule has 0 aliphatic carbocycles. The minimum absolute atomic E-state index is 0.0910. The van der Waals surface area contributed by atoms with Gasteiger partial charge in [-0.1, -0.05) is 18.2 Å². The number of rotatable bonds is 2. The Kier molecular flexibility index (Phi) is 3.01. The van der Waals surface area contributed by atoms with Gasteiger partial charge in [0.2, 0.25) is 0 Å². The van der Waals surface area contributed by atoms with Crippen molar-refractivity contribution in [1.29, 1.82) is 0 Å². The third kappa shape index (κ3) is 1.95. The van der Waals surface area contributed by atoms with Crippen LogP contribution < -0.4 is 4.74 Å². The first-order chi connectivity index (χ1) is 8.82. The van der Waals surface area contributed by atoms with Crippen LogP contribution >= 0.6 is 0 Å². The minimum atomic E-state index is -5.03. The summed E-state index contributed by atoms with van der Waals surface area (Å²) in [4.78, 5) is 11.1. The van der Waals surface area contributed by atoms with E-state index in [1.807, 2.05) is 0 Å². The largest absolute Gasteiger partial charge is 0.478 e. The summed E-state index contributed by atoms with van der Waals surface area (Å²) in [6.07, 6.45) is -4.13. The lowest BCUT2D eigenvalue weighted by atomic mass is 9.98. The van der Waals surface area contributed by atoms with Crippen LogP contribution in [0.25, 0.3) is 6.08 Å². The van der Waals surface area contributed by atoms with E-state index in [1.165, 1.54) is 18.2 Å². The second kappa shape index (κ2) is 4.27. The third-order valence-corrected chi connectivity index (χ3v) is 2.72. The number of ether oxygens (including phenoxy) is 2. The highest BCUT2D eigenvalue weighted by Crippen LogP contribution is 2.45. The highest BCUT2D eigenvalue weighted by atomic mass is 19.4. The standard InChI is InChI=1S/C12H9F3O4/c1-18-11(12(13,14)15)8(10(16)17)6-7-4-2-3-5-9(7)19-11/h2-6H,1H3,(H,16,17)/t11-/m1/s1. The van der Waals surface area contributed by atoms with Crippen molar-refractivity contribution in [2.75, 3.05) is 7.11 Å². The van der Waals surface area contributed by atoms with Gasteiger partial charge in [0.25, 0.3) is 0 Å². The Morgan fingerprint density at radius 1 is 1.37 bits per heavy atom. The molecule has 0 unspecified atom stereocenters. The van der Waals surface area contributed by atoms with Gasteiger partial charge in [-0.05, 0) is 12.1 Å². The third-order valence-electron chi connectivity index (χ3n) is 2.72. The molecule has 0 saturated heterocycles. The molecule has 0 fully saturated rings. The summed E-state index contributed by atoms with van der Waals surface area (Å²) in [5, 5.41) is 8.97. The average Bonchev–Trinajstić information content (AvgIpc) is 2.35. The van der Waals surface area contributed by atoms with Crippen molar-refractivity contribution in [2.45, 2.75) is 12.0 Å². The van der Waals surface area contributed by atoms with E-state index in [0.717, 1.165) is 13.2 Å². The Bertz CT molecular complexity index is 550. The summed E-state index contributed by atoms with van der Waals surface area (Å²) in [5.41, 5.74) is -0.766. The molecule has 1 N–H and O–H groups in total. The molecular weight excluding hydrogens is 265 g/mol. The van der Waals surface area contributed by atoms with Crippen molar-refractivity contribution < 1.29 is 32.5 Å². The number of methoxy groups -OCH3 is 1. The Hall–Kier alpha value is -2.02. The van der Waals surface area contributed by atoms with Gasteiger partial charge in [0, 0.05) is 12.7 Å². The molecule has 1 aromatic rings. The van der Waals surface area contributed by atoms with Crippen LogP contribution in [0.4, 0.5) is 13.2 Å². The van der Waals surface area contributed by atoms with Crippen LogP contribution in [0, 0.1) is 0 Å². The molecular formula is C12H9F3O4. The molecule has 0 saturated carbocycles. The van der Waals surface area contributed by atoms with Crippen LogP contribution in [-0.4, -0.2) is 30.1 Å². The van der Waals surface area contributed by atoms with Crippen molar-refractivity contribution in [3.8, 4) is 5.75 Å². The predicted molar refractivity (Wildman–Crippen MR) is 58.5 cm³/mol. The molecule has 0 spiro atoms. The van der Waals surface area contributed by atoms with Crippen LogP contribution in [0.1, 0.15) is 5.56 Å². The Morgan fingerprint density at radius 3 is 2.53 bits per heavy atom. The number of carboxylic acid groups (broad SMARTS) is 1. The molecule has 1 aliphatic rings. The quantitative estimate of drug-likeness (QED) is 0.900. The summed E-state index contributed by atoms with van der Waals surface area (Å²) >= 11 is 0. The van der Waals surface area contributed by atoms with Gasteiger partial charge < -0.3 is 14.6 Å². The minimum Gasteiger partial charge on any atom is -0.478 e. The maximum Gasteiger partial charge on any atom is 0.460 e. The fraction of sp³-hybridized carbons (Fsp3) is 0.250. The molecule has 1 atom stereocenters. The van der Waals surface area contributed by atoms with E-state index in [0.29, 0.717) is 0 Å². The van der Waals surface area contributed by atoms with Gasteiger partial charge in [0.1, 0.15) is 11.3 Å². The fourth-order valence-corrected chi connectivity index (χ4v) is 1.83. The van der Waals surface area contributed by atoms with E-state index in [2.05, 4.69) is 4.74 Å². The van der Waals surface area contributed by atoms with Gasteiger partial charge in [-0.25, -0.2) is 4.79 Å². The second-order valence-corrected chi connectivity index (χ2v) is 3.82. The summed E-state index contributed by atoms with van der Waals surface area (Å²) < 4.78 is 48.6. The molecule has 19 heavy (non-hydrogen) atoms. The first kappa shape index (κ1) is 13.4. The summed E-state index contributed by atoms with van der Waals surface area (Å²) in [5.74, 6) is -5.15. The molecule has 1 aliphatic heterocycles. The number of hydrogen-bond acceptors (Lipinski definition) is 3. The molecule has 7 heteroatoms. The molecule has 0 bridgehead atoms. The molecule has 102 valence electrons. The zero-order valence-corrected chi connectivity index (χ0v) is 9.69. The maximum absolute atomic E-state index is 13.1. The van der Waals surface area contributed by atoms with Gasteiger partial charge >= 0.3 is 17.9 Å². The number of carboxylic acids is 1. The molecule has 4 nitrogen and oxygen atoms in total. The lowest BCUT2D eigenvalue weighted by Crippen LogP contribution is -2.56. The van der Waals surface area contributed by atoms with Crippen molar-refractivity contribution in [3.05, 3.63) is 35.4 Å². The van der Waals surface area contributed by atoms with Crippen molar-refractivity contribution in [2.24, 2.45) is 0 Å².